The molecule has 2 N–H and O–H groups in total. The molecule has 0 radical (unpaired) electrons. The van der Waals surface area contributed by atoms with Crippen molar-refractivity contribution in [2.45, 2.75) is 39.4 Å². The van der Waals surface area contributed by atoms with Gasteiger partial charge in [-0.2, -0.15) is 0 Å². The van der Waals surface area contributed by atoms with Crippen molar-refractivity contribution in [2.75, 3.05) is 0 Å². The van der Waals surface area contributed by atoms with E-state index >= 15 is 0 Å². The van der Waals surface area contributed by atoms with Gasteiger partial charge in [0.2, 0.25) is 0 Å². The van der Waals surface area contributed by atoms with Crippen molar-refractivity contribution in [1.29, 1.82) is 0 Å². The van der Waals surface area contributed by atoms with Crippen LogP contribution in [0, 0.1) is 6.92 Å². The van der Waals surface area contributed by atoms with Gasteiger partial charge in [-0.3, -0.25) is 4.79 Å². The van der Waals surface area contributed by atoms with Crippen molar-refractivity contribution in [1.82, 2.24) is 0 Å². The molecular weight excluding hydrogens is 224 g/mol. The zero-order chi connectivity index (χ0) is 17.3. The van der Waals surface area contributed by atoms with Crippen LogP contribution in [-0.4, -0.2) is 22.2 Å². The van der Waals surface area contributed by atoms with E-state index in [4.69, 9.17) is 16.4 Å². The highest BCUT2D eigenvalue weighted by atomic mass is 16.4. The van der Waals surface area contributed by atoms with Crippen molar-refractivity contribution in [2.24, 2.45) is 0 Å². The normalized spacial score (nSPS) is 16.4. The van der Waals surface area contributed by atoms with Gasteiger partial charge in [0, 0.05) is 25.3 Å². The molecule has 0 aromatic carbocycles. The van der Waals surface area contributed by atoms with Gasteiger partial charge in [-0.25, -0.2) is 4.79 Å². The van der Waals surface area contributed by atoms with E-state index in [0.717, 1.165) is 0 Å². The largest absolute Gasteiger partial charge is 0.481 e. The summed E-state index contributed by atoms with van der Waals surface area (Å²) in [6, 6.07) is 0. The van der Waals surface area contributed by atoms with Gasteiger partial charge >= 0.3 is 11.9 Å². The number of hydrogen-bond donors (Lipinski definition) is 2. The summed E-state index contributed by atoms with van der Waals surface area (Å²) in [5, 5.41) is 17.8. The second-order valence-corrected chi connectivity index (χ2v) is 3.50. The van der Waals surface area contributed by atoms with Crippen LogP contribution in [-0.2, 0) is 17.6 Å². The van der Waals surface area contributed by atoms with Gasteiger partial charge in [-0.15, -0.1) is 0 Å². The molecule has 0 aliphatic carbocycles. The zero-order valence-corrected chi connectivity index (χ0v) is 9.24. The van der Waals surface area contributed by atoms with Gasteiger partial charge in [0.1, 0.15) is 17.1 Å². The first-order chi connectivity index (χ1) is 9.86. The molecule has 0 amide bonds. The maximum Gasteiger partial charge on any atom is 0.339 e. The van der Waals surface area contributed by atoms with Crippen LogP contribution in [0.3, 0.4) is 0 Å². The van der Waals surface area contributed by atoms with E-state index < -0.39 is 31.6 Å². The summed E-state index contributed by atoms with van der Waals surface area (Å²) in [7, 11) is 0. The molecule has 0 aliphatic heterocycles. The molecule has 1 aromatic heterocycles. The molecule has 1 aromatic rings. The Morgan fingerprint density at radius 2 is 2.06 bits per heavy atom. The van der Waals surface area contributed by atoms with Crippen LogP contribution in [0.1, 0.15) is 53.9 Å². The monoisotopic (exact) mass is 245 g/mol. The number of furan rings is 1. The summed E-state index contributed by atoms with van der Waals surface area (Å²) in [5.74, 6) is -2.66. The Bertz CT molecular complexity index is 587. The van der Waals surface area contributed by atoms with Crippen LogP contribution in [0.4, 0.5) is 0 Å². The quantitative estimate of drug-likeness (QED) is 0.802. The maximum absolute atomic E-state index is 11.3. The fourth-order valence-electron chi connectivity index (χ4n) is 1.55. The Hall–Kier alpha value is -1.78. The van der Waals surface area contributed by atoms with Gasteiger partial charge in [0.15, 0.2) is 0 Å². The SMILES string of the molecule is [2H]C([2H])([2H])C([2H])([2H])Cc1oc(CCC(=O)O)c(C(=O)O)c1C. The van der Waals surface area contributed by atoms with Crippen LogP contribution in [0.15, 0.2) is 4.42 Å². The molecule has 5 nitrogen and oxygen atoms in total. The third-order valence-electron chi connectivity index (χ3n) is 2.35. The van der Waals surface area contributed by atoms with Crippen LogP contribution < -0.4 is 0 Å². The van der Waals surface area contributed by atoms with Crippen molar-refractivity contribution in [3.63, 3.8) is 0 Å². The Morgan fingerprint density at radius 3 is 2.59 bits per heavy atom. The first-order valence-corrected chi connectivity index (χ1v) is 4.93. The third-order valence-corrected chi connectivity index (χ3v) is 2.35. The molecule has 5 heteroatoms. The van der Waals surface area contributed by atoms with Gasteiger partial charge in [-0.05, 0) is 13.3 Å². The van der Waals surface area contributed by atoms with Crippen LogP contribution in [0.25, 0.3) is 0 Å². The Morgan fingerprint density at radius 1 is 1.35 bits per heavy atom. The molecule has 0 bridgehead atoms. The molecule has 0 unspecified atom stereocenters. The highest BCUT2D eigenvalue weighted by Gasteiger charge is 2.22. The van der Waals surface area contributed by atoms with E-state index in [1.54, 1.807) is 0 Å². The fraction of sp³-hybridized carbons (Fsp3) is 0.500. The topological polar surface area (TPSA) is 87.7 Å². The molecule has 0 spiro atoms. The van der Waals surface area contributed by atoms with Crippen molar-refractivity contribution >= 4 is 11.9 Å². The average Bonchev–Trinajstić information content (AvgIpc) is 2.61. The Kier molecular flexibility index (Phi) is 2.44. The zero-order valence-electron chi connectivity index (χ0n) is 14.2. The third kappa shape index (κ3) is 3.09. The molecule has 1 heterocycles. The van der Waals surface area contributed by atoms with Crippen LogP contribution >= 0.6 is 0 Å². The van der Waals surface area contributed by atoms with Crippen LogP contribution in [0.5, 0.6) is 0 Å². The Labute approximate surface area is 106 Å². The van der Waals surface area contributed by atoms with E-state index in [0.29, 0.717) is 0 Å². The molecule has 17 heavy (non-hydrogen) atoms. The number of aromatic carboxylic acids is 1. The first kappa shape index (κ1) is 7.53. The van der Waals surface area contributed by atoms with Gasteiger partial charge in [-0.1, -0.05) is 6.85 Å². The van der Waals surface area contributed by atoms with Crippen molar-refractivity contribution in [3.05, 3.63) is 22.6 Å². The maximum atomic E-state index is 11.3. The lowest BCUT2D eigenvalue weighted by Gasteiger charge is -1.96. The number of aliphatic carboxylic acids is 1. The number of hydrogen-bond acceptors (Lipinski definition) is 3. The first-order valence-electron chi connectivity index (χ1n) is 7.43. The molecule has 1 rings (SSSR count). The van der Waals surface area contributed by atoms with E-state index in [9.17, 15) is 14.7 Å². The molecule has 94 valence electrons. The molecule has 0 fully saturated rings. The van der Waals surface area contributed by atoms with Gasteiger partial charge in [0.25, 0.3) is 0 Å². The molecular formula is C12H16O5. The second-order valence-electron chi connectivity index (χ2n) is 3.50. The smallest absolute Gasteiger partial charge is 0.339 e. The minimum absolute atomic E-state index is 0.0938. The summed E-state index contributed by atoms with van der Waals surface area (Å²) < 4.78 is 41.9. The summed E-state index contributed by atoms with van der Waals surface area (Å²) in [6.07, 6.45) is -3.73. The van der Waals surface area contributed by atoms with Crippen molar-refractivity contribution < 1.29 is 31.1 Å². The molecule has 0 saturated heterocycles. The minimum Gasteiger partial charge on any atom is -0.481 e. The lowest BCUT2D eigenvalue weighted by molar-refractivity contribution is -0.137. The molecule has 0 aliphatic rings. The predicted molar refractivity (Wildman–Crippen MR) is 60.4 cm³/mol. The minimum atomic E-state index is -2.89. The lowest BCUT2D eigenvalue weighted by Crippen LogP contribution is -2.04. The highest BCUT2D eigenvalue weighted by Crippen LogP contribution is 2.24. The summed E-state index contributed by atoms with van der Waals surface area (Å²) in [4.78, 5) is 21.8. The second kappa shape index (κ2) is 5.52. The highest BCUT2D eigenvalue weighted by molar-refractivity contribution is 5.91. The number of carboxylic acid groups (broad SMARTS) is 2. The number of carbonyl (C=O) groups is 2. The number of rotatable bonds is 6. The number of carboxylic acids is 2. The Balaban J connectivity index is 3.20. The fourth-order valence-corrected chi connectivity index (χ4v) is 1.55. The summed E-state index contributed by atoms with van der Waals surface area (Å²) in [6.45, 7) is -1.51. The van der Waals surface area contributed by atoms with Crippen molar-refractivity contribution in [3.8, 4) is 0 Å². The van der Waals surface area contributed by atoms with E-state index in [1.807, 2.05) is 0 Å². The van der Waals surface area contributed by atoms with Gasteiger partial charge < -0.3 is 14.6 Å². The number of aryl methyl sites for hydroxylation is 2. The van der Waals surface area contributed by atoms with E-state index in [1.165, 1.54) is 6.92 Å². The summed E-state index contributed by atoms with van der Waals surface area (Å²) in [5.41, 5.74) is -0.126. The molecule has 0 atom stereocenters. The average molecular weight is 245 g/mol. The summed E-state index contributed by atoms with van der Waals surface area (Å²) >= 11 is 0. The van der Waals surface area contributed by atoms with Gasteiger partial charge in [0.05, 0.1) is 6.42 Å². The van der Waals surface area contributed by atoms with E-state index in [2.05, 4.69) is 0 Å². The standard InChI is InChI=1S/C12H16O5/c1-3-4-8-7(2)11(12(15)16)9(17-8)5-6-10(13)14/h3-6H2,1-2H3,(H,13,14)(H,15,16)/i1D3,3D2. The molecule has 0 saturated carbocycles. The van der Waals surface area contributed by atoms with Crippen LogP contribution in [0.2, 0.25) is 0 Å². The predicted octanol–water partition coefficient (Wildman–Crippen LogP) is 2.26. The lowest BCUT2D eigenvalue weighted by atomic mass is 10.1. The van der Waals surface area contributed by atoms with E-state index in [-0.39, 0.29) is 35.5 Å².